The molecular formula is C20H21F3N3O2S2+. The maximum Gasteiger partial charge on any atom is 0.433 e. The fourth-order valence-electron chi connectivity index (χ4n) is 2.53. The van der Waals surface area contributed by atoms with Crippen LogP contribution in [0.2, 0.25) is 0 Å². The van der Waals surface area contributed by atoms with Gasteiger partial charge in [0.15, 0.2) is 5.38 Å². The summed E-state index contributed by atoms with van der Waals surface area (Å²) in [5, 5.41) is 2.37. The molecule has 0 fully saturated rings. The van der Waals surface area contributed by atoms with Crippen LogP contribution in [-0.2, 0) is 20.9 Å². The molecule has 0 aliphatic heterocycles. The second kappa shape index (κ2) is 9.57. The van der Waals surface area contributed by atoms with Crippen LogP contribution in [0, 0.1) is 0 Å². The van der Waals surface area contributed by atoms with Crippen molar-refractivity contribution in [1.29, 1.82) is 0 Å². The van der Waals surface area contributed by atoms with Crippen LogP contribution in [-0.4, -0.2) is 22.8 Å². The van der Waals surface area contributed by atoms with Gasteiger partial charge in [-0.25, -0.2) is 0 Å². The molecule has 5 nitrogen and oxygen atoms in total. The molecule has 0 spiro atoms. The first-order chi connectivity index (χ1) is 14.3. The van der Waals surface area contributed by atoms with Gasteiger partial charge in [0.2, 0.25) is 22.1 Å². The van der Waals surface area contributed by atoms with Gasteiger partial charge in [-0.2, -0.15) is 13.2 Å². The van der Waals surface area contributed by atoms with Crippen LogP contribution in [0.4, 0.5) is 18.3 Å². The maximum absolute atomic E-state index is 12.7. The van der Waals surface area contributed by atoms with Crippen molar-refractivity contribution in [3.8, 4) is 17.0 Å². The molecule has 0 aliphatic carbocycles. The summed E-state index contributed by atoms with van der Waals surface area (Å²) in [6, 6.07) is 10.1. The van der Waals surface area contributed by atoms with Crippen LogP contribution in [0.15, 0.2) is 48.0 Å². The molecule has 1 N–H and O–H groups in total. The highest BCUT2D eigenvalue weighted by molar-refractivity contribution is 7.84. The minimum atomic E-state index is -4.45. The molecule has 0 saturated carbocycles. The highest BCUT2D eigenvalue weighted by Crippen LogP contribution is 2.31. The summed E-state index contributed by atoms with van der Waals surface area (Å²) in [5.74, 6) is 0.812. The van der Waals surface area contributed by atoms with E-state index >= 15 is 0 Å². The number of ether oxygens (including phenoxy) is 1. The zero-order valence-electron chi connectivity index (χ0n) is 16.6. The van der Waals surface area contributed by atoms with E-state index in [0.29, 0.717) is 17.3 Å². The fraction of sp³-hybridized carbons (Fsp3) is 0.300. The van der Waals surface area contributed by atoms with Gasteiger partial charge in [0.05, 0.1) is 12.9 Å². The zero-order valence-corrected chi connectivity index (χ0v) is 18.2. The highest BCUT2D eigenvalue weighted by atomic mass is 32.2. The van der Waals surface area contributed by atoms with Crippen molar-refractivity contribution in [2.45, 2.75) is 25.3 Å². The van der Waals surface area contributed by atoms with Crippen molar-refractivity contribution in [3.63, 3.8) is 0 Å². The number of alkyl halides is 3. The van der Waals surface area contributed by atoms with Gasteiger partial charge >= 0.3 is 11.3 Å². The summed E-state index contributed by atoms with van der Waals surface area (Å²) >= 11 is 1.40. The Labute approximate surface area is 179 Å². The Hall–Kier alpha value is -2.46. The van der Waals surface area contributed by atoms with Crippen LogP contribution in [0.5, 0.6) is 5.75 Å². The van der Waals surface area contributed by atoms with Gasteiger partial charge in [-0.05, 0) is 43.2 Å². The standard InChI is InChI=1S/C20H21F3N3O2S2/c1-4-27-16-8-5-14(6-9-16)17-12-29-19(25-17)26-28-30(3)13(2)15-7-10-18(24-11-15)20(21,22)23/h5-13,25H,4H2,1-3H3/q+1. The predicted octanol–water partition coefficient (Wildman–Crippen LogP) is 6.65. The first-order valence-corrected chi connectivity index (χ1v) is 11.6. The summed E-state index contributed by atoms with van der Waals surface area (Å²) < 4.78 is 49.0. The summed E-state index contributed by atoms with van der Waals surface area (Å²) in [4.78, 5) is 6.70. The summed E-state index contributed by atoms with van der Waals surface area (Å²) in [6.45, 7) is 4.42. The molecule has 160 valence electrons. The largest absolute Gasteiger partial charge is 0.494 e. The Morgan fingerprint density at radius 3 is 2.57 bits per heavy atom. The molecule has 3 rings (SSSR count). The normalized spacial score (nSPS) is 13.8. The average Bonchev–Trinajstić information content (AvgIpc) is 3.21. The molecule has 2 atom stereocenters. The van der Waals surface area contributed by atoms with Gasteiger partial charge in [0, 0.05) is 17.4 Å². The first kappa shape index (κ1) is 22.2. The van der Waals surface area contributed by atoms with Crippen LogP contribution < -0.4 is 4.74 Å². The van der Waals surface area contributed by atoms with Crippen LogP contribution in [0.1, 0.15) is 30.4 Å². The number of thiazole rings is 1. The Balaban J connectivity index is 1.65. The Morgan fingerprint density at radius 2 is 1.97 bits per heavy atom. The topological polar surface area (TPSA) is 63.3 Å². The third-order valence-corrected chi connectivity index (χ3v) is 6.62. The Bertz CT molecular complexity index is 1000. The van der Waals surface area contributed by atoms with E-state index in [4.69, 9.17) is 8.68 Å². The Kier molecular flexibility index (Phi) is 7.09. The lowest BCUT2D eigenvalue weighted by Gasteiger charge is -2.08. The van der Waals surface area contributed by atoms with E-state index in [2.05, 4.69) is 15.4 Å². The average molecular weight is 457 g/mol. The molecular weight excluding hydrogens is 435 g/mol. The van der Waals surface area contributed by atoms with Crippen molar-refractivity contribution in [3.05, 3.63) is 64.7 Å². The van der Waals surface area contributed by atoms with E-state index in [1.165, 1.54) is 23.6 Å². The van der Waals surface area contributed by atoms with Crippen LogP contribution >= 0.6 is 11.3 Å². The number of aromatic nitrogens is 2. The van der Waals surface area contributed by atoms with Crippen LogP contribution in [0.3, 0.4) is 0 Å². The van der Waals surface area contributed by atoms with E-state index in [-0.39, 0.29) is 5.25 Å². The molecule has 1 aromatic carbocycles. The van der Waals surface area contributed by atoms with Gasteiger partial charge in [0.25, 0.3) is 0 Å². The number of hydrogen-bond donors (Lipinski definition) is 1. The number of H-pyrrole nitrogens is 1. The molecule has 3 aromatic rings. The molecule has 0 saturated heterocycles. The molecule has 2 heterocycles. The lowest BCUT2D eigenvalue weighted by atomic mass is 10.2. The third-order valence-electron chi connectivity index (χ3n) is 4.29. The van der Waals surface area contributed by atoms with E-state index in [9.17, 15) is 13.2 Å². The number of halogens is 3. The van der Waals surface area contributed by atoms with E-state index < -0.39 is 22.7 Å². The number of nitrogens with one attached hydrogen (secondary N) is 1. The molecule has 0 aliphatic rings. The zero-order chi connectivity index (χ0) is 21.7. The molecule has 0 amide bonds. The lowest BCUT2D eigenvalue weighted by Crippen LogP contribution is -2.09. The molecule has 10 heteroatoms. The minimum absolute atomic E-state index is 0.158. The smallest absolute Gasteiger partial charge is 0.433 e. The molecule has 0 radical (unpaired) electrons. The van der Waals surface area contributed by atoms with Gasteiger partial charge < -0.3 is 9.72 Å². The molecule has 0 bridgehead atoms. The molecule has 30 heavy (non-hydrogen) atoms. The second-order valence-electron chi connectivity index (χ2n) is 6.32. The number of hydrogen-bond acceptors (Lipinski definition) is 2. The maximum atomic E-state index is 12.7. The number of nitrogens with zero attached hydrogens (tertiary/aromatic N) is 2. The van der Waals surface area contributed by atoms with Gasteiger partial charge in [0.1, 0.15) is 16.7 Å². The SMILES string of the molecule is CCOc1ccc(-c2c[s+]c([N-][O+]=S(C)C(C)c3ccc(C(F)(F)F)nc3)[nH]2)cc1. The third kappa shape index (κ3) is 5.57. The fourth-order valence-corrected chi connectivity index (χ4v) is 4.10. The molecule has 2 aromatic heterocycles. The van der Waals surface area contributed by atoms with Crippen molar-refractivity contribution in [2.75, 3.05) is 12.9 Å². The van der Waals surface area contributed by atoms with Crippen molar-refractivity contribution >= 4 is 27.3 Å². The van der Waals surface area contributed by atoms with E-state index in [0.717, 1.165) is 23.1 Å². The van der Waals surface area contributed by atoms with Crippen molar-refractivity contribution in [2.24, 2.45) is 0 Å². The molecule has 2 unspecified atom stereocenters. The summed E-state index contributed by atoms with van der Waals surface area (Å²) in [6.07, 6.45) is -1.37. The predicted molar refractivity (Wildman–Crippen MR) is 114 cm³/mol. The van der Waals surface area contributed by atoms with Gasteiger partial charge in [-0.15, -0.1) is 3.94 Å². The summed E-state index contributed by atoms with van der Waals surface area (Å²) in [5.41, 5.74) is 5.81. The second-order valence-corrected chi connectivity index (χ2v) is 9.03. The summed E-state index contributed by atoms with van der Waals surface area (Å²) in [7, 11) is -0.653. The number of pyridine rings is 1. The van der Waals surface area contributed by atoms with Gasteiger partial charge in [-0.3, -0.25) is 4.98 Å². The quantitative estimate of drug-likeness (QED) is 0.320. The van der Waals surface area contributed by atoms with Crippen LogP contribution in [0.25, 0.3) is 16.7 Å². The number of benzene rings is 1. The van der Waals surface area contributed by atoms with Crippen molar-refractivity contribution < 1.29 is 21.8 Å². The Morgan fingerprint density at radius 1 is 1.23 bits per heavy atom. The van der Waals surface area contributed by atoms with E-state index in [1.807, 2.05) is 49.7 Å². The first-order valence-electron chi connectivity index (χ1n) is 9.08. The number of aromatic amines is 1. The van der Waals surface area contributed by atoms with E-state index in [1.54, 1.807) is 0 Å². The van der Waals surface area contributed by atoms with Crippen molar-refractivity contribution in [1.82, 2.24) is 9.97 Å². The number of rotatable bonds is 7. The lowest BCUT2D eigenvalue weighted by molar-refractivity contribution is -0.141. The highest BCUT2D eigenvalue weighted by Gasteiger charge is 2.32. The van der Waals surface area contributed by atoms with Gasteiger partial charge in [-0.1, -0.05) is 18.2 Å². The minimum Gasteiger partial charge on any atom is -0.494 e. The monoisotopic (exact) mass is 456 g/mol.